The van der Waals surface area contributed by atoms with Gasteiger partial charge in [-0.15, -0.1) is 0 Å². The fraction of sp³-hybridized carbons (Fsp3) is 1.00. The second-order valence-electron chi connectivity index (χ2n) is 1.54. The van der Waals surface area contributed by atoms with Crippen LogP contribution in [0.2, 0.25) is 0 Å². The number of aliphatic hydroxyl groups excluding tert-OH is 1. The van der Waals surface area contributed by atoms with Gasteiger partial charge < -0.3 is 5.11 Å². The van der Waals surface area contributed by atoms with Crippen LogP contribution in [0.1, 0.15) is 13.8 Å². The van der Waals surface area contributed by atoms with E-state index in [0.717, 1.165) is 0 Å². The molecule has 0 aliphatic heterocycles. The molecule has 0 aliphatic carbocycles. The van der Waals surface area contributed by atoms with E-state index in [1.54, 1.807) is 13.8 Å². The van der Waals surface area contributed by atoms with E-state index >= 15 is 0 Å². The molecule has 0 heterocycles. The molecule has 0 radical (unpaired) electrons. The van der Waals surface area contributed by atoms with Crippen LogP contribution in [0.3, 0.4) is 0 Å². The lowest BCUT2D eigenvalue weighted by molar-refractivity contribution is 0.0408. The van der Waals surface area contributed by atoms with Gasteiger partial charge in [-0.3, -0.25) is 13.6 Å². The first kappa shape index (κ1) is 11.1. The molecule has 5 nitrogen and oxygen atoms in total. The molecule has 0 aliphatic rings. The maximum Gasteiger partial charge on any atom is 0.476 e. The highest BCUT2D eigenvalue weighted by Crippen LogP contribution is 2.48. The zero-order valence-electron chi connectivity index (χ0n) is 6.65. The van der Waals surface area contributed by atoms with E-state index in [1.807, 2.05) is 0 Å². The summed E-state index contributed by atoms with van der Waals surface area (Å²) < 4.78 is 24.9. The minimum Gasteiger partial charge on any atom is -0.370 e. The van der Waals surface area contributed by atoms with Crippen LogP contribution in [0.15, 0.2) is 0 Å². The number of hydrogen-bond donors (Lipinski definition) is 1. The largest absolute Gasteiger partial charge is 0.476 e. The average molecular weight is 184 g/mol. The first-order chi connectivity index (χ1) is 5.18. The van der Waals surface area contributed by atoms with E-state index in [2.05, 4.69) is 13.6 Å². The summed E-state index contributed by atoms with van der Waals surface area (Å²) in [5.41, 5.74) is 0. The highest BCUT2D eigenvalue weighted by Gasteiger charge is 2.24. The maximum absolute atomic E-state index is 11.2. The molecule has 0 aromatic rings. The van der Waals surface area contributed by atoms with Crippen LogP contribution in [0.25, 0.3) is 0 Å². The molecular weight excluding hydrogens is 171 g/mol. The normalized spacial score (nSPS) is 11.9. The Morgan fingerprint density at radius 1 is 1.18 bits per heavy atom. The van der Waals surface area contributed by atoms with Crippen LogP contribution in [0.5, 0.6) is 0 Å². The molecule has 68 valence electrons. The molecule has 0 bridgehead atoms. The van der Waals surface area contributed by atoms with Crippen molar-refractivity contribution in [2.24, 2.45) is 0 Å². The molecular formula is C5H13O5P. The number of phosphoric ester groups is 1. The lowest BCUT2D eigenvalue weighted by atomic mass is 10.9. The van der Waals surface area contributed by atoms with E-state index < -0.39 is 14.6 Å². The topological polar surface area (TPSA) is 65.0 Å². The van der Waals surface area contributed by atoms with Gasteiger partial charge in [0.1, 0.15) is 0 Å². The van der Waals surface area contributed by atoms with Gasteiger partial charge in [0, 0.05) is 0 Å². The number of phosphoric acid groups is 1. The van der Waals surface area contributed by atoms with E-state index in [-0.39, 0.29) is 13.2 Å². The van der Waals surface area contributed by atoms with Gasteiger partial charge in [0.15, 0.2) is 6.79 Å². The molecule has 11 heavy (non-hydrogen) atoms. The van der Waals surface area contributed by atoms with Crippen LogP contribution in [0.4, 0.5) is 0 Å². The highest BCUT2D eigenvalue weighted by molar-refractivity contribution is 7.48. The molecule has 6 heteroatoms. The predicted molar refractivity (Wildman–Crippen MR) is 39.0 cm³/mol. The van der Waals surface area contributed by atoms with E-state index in [0.29, 0.717) is 0 Å². The van der Waals surface area contributed by atoms with Crippen molar-refractivity contribution in [3.8, 4) is 0 Å². The zero-order valence-corrected chi connectivity index (χ0v) is 7.54. The van der Waals surface area contributed by atoms with Crippen molar-refractivity contribution in [1.29, 1.82) is 0 Å². The van der Waals surface area contributed by atoms with E-state index in [4.69, 9.17) is 5.11 Å². The highest BCUT2D eigenvalue weighted by atomic mass is 31.2. The van der Waals surface area contributed by atoms with Crippen molar-refractivity contribution in [2.75, 3.05) is 20.0 Å². The molecule has 1 N–H and O–H groups in total. The fourth-order valence-corrected chi connectivity index (χ4v) is 1.50. The fourth-order valence-electron chi connectivity index (χ4n) is 0.499. The Balaban J connectivity index is 3.91. The lowest BCUT2D eigenvalue weighted by Gasteiger charge is -2.13. The summed E-state index contributed by atoms with van der Waals surface area (Å²) >= 11 is 0. The van der Waals surface area contributed by atoms with Gasteiger partial charge in [-0.05, 0) is 13.8 Å². The third-order valence-electron chi connectivity index (χ3n) is 0.790. The van der Waals surface area contributed by atoms with E-state index in [9.17, 15) is 4.57 Å². The molecule has 0 rings (SSSR count). The molecule has 0 spiro atoms. The van der Waals surface area contributed by atoms with Gasteiger partial charge in [0.2, 0.25) is 0 Å². The molecule has 0 amide bonds. The van der Waals surface area contributed by atoms with Crippen molar-refractivity contribution < 1.29 is 23.2 Å². The smallest absolute Gasteiger partial charge is 0.370 e. The van der Waals surface area contributed by atoms with Crippen molar-refractivity contribution >= 4 is 7.82 Å². The Hall–Kier alpha value is 0.0700. The number of aliphatic hydroxyl groups is 1. The Labute approximate surface area is 65.9 Å². The standard InChI is InChI=1S/C5H13O5P/c1-3-8-11(7,9-4-2)10-5-6/h6H,3-5H2,1-2H3. The van der Waals surface area contributed by atoms with Gasteiger partial charge >= 0.3 is 7.82 Å². The van der Waals surface area contributed by atoms with Crippen molar-refractivity contribution in [3.05, 3.63) is 0 Å². The van der Waals surface area contributed by atoms with Gasteiger partial charge in [-0.2, -0.15) is 0 Å². The summed E-state index contributed by atoms with van der Waals surface area (Å²) in [6.45, 7) is 3.09. The molecule has 0 saturated carbocycles. The van der Waals surface area contributed by atoms with E-state index in [1.165, 1.54) is 0 Å². The molecule has 0 unspecified atom stereocenters. The maximum atomic E-state index is 11.2. The van der Waals surface area contributed by atoms with Gasteiger partial charge in [-0.25, -0.2) is 4.57 Å². The Bertz CT molecular complexity index is 113. The summed E-state index contributed by atoms with van der Waals surface area (Å²) in [5.74, 6) is 0. The molecule has 0 aromatic carbocycles. The van der Waals surface area contributed by atoms with Crippen LogP contribution in [0, 0.1) is 0 Å². The molecule has 0 saturated heterocycles. The third kappa shape index (κ3) is 4.50. The van der Waals surface area contributed by atoms with Crippen molar-refractivity contribution in [1.82, 2.24) is 0 Å². The zero-order chi connectivity index (χ0) is 8.74. The van der Waals surface area contributed by atoms with Gasteiger partial charge in [0.05, 0.1) is 13.2 Å². The minimum atomic E-state index is -3.47. The second kappa shape index (κ2) is 5.69. The number of hydrogen-bond acceptors (Lipinski definition) is 5. The van der Waals surface area contributed by atoms with Crippen molar-refractivity contribution in [2.45, 2.75) is 13.8 Å². The van der Waals surface area contributed by atoms with Crippen LogP contribution >= 0.6 is 7.82 Å². The quantitative estimate of drug-likeness (QED) is 0.495. The Morgan fingerprint density at radius 2 is 1.64 bits per heavy atom. The summed E-state index contributed by atoms with van der Waals surface area (Å²) in [6, 6.07) is 0. The van der Waals surface area contributed by atoms with Gasteiger partial charge in [0.25, 0.3) is 0 Å². The monoisotopic (exact) mass is 184 g/mol. The summed E-state index contributed by atoms with van der Waals surface area (Å²) in [6.07, 6.45) is 0. The van der Waals surface area contributed by atoms with Gasteiger partial charge in [-0.1, -0.05) is 0 Å². The summed E-state index contributed by atoms with van der Waals surface area (Å²) in [4.78, 5) is 0. The Morgan fingerprint density at radius 3 is 1.91 bits per heavy atom. The minimum absolute atomic E-state index is 0.220. The van der Waals surface area contributed by atoms with Crippen molar-refractivity contribution in [3.63, 3.8) is 0 Å². The molecule has 0 fully saturated rings. The average Bonchev–Trinajstić information content (AvgIpc) is 1.88. The first-order valence-electron chi connectivity index (χ1n) is 3.33. The number of rotatable bonds is 6. The predicted octanol–water partition coefficient (Wildman–Crippen LogP) is 1.13. The van der Waals surface area contributed by atoms with Crippen LogP contribution < -0.4 is 0 Å². The third-order valence-corrected chi connectivity index (χ3v) is 2.37. The Kier molecular flexibility index (Phi) is 5.72. The lowest BCUT2D eigenvalue weighted by Crippen LogP contribution is -2.00. The molecule has 0 atom stereocenters. The van der Waals surface area contributed by atoms with Crippen LogP contribution in [-0.2, 0) is 18.1 Å². The summed E-state index contributed by atoms with van der Waals surface area (Å²) in [5, 5.41) is 8.30. The first-order valence-corrected chi connectivity index (χ1v) is 4.79. The van der Waals surface area contributed by atoms with Crippen LogP contribution in [-0.4, -0.2) is 25.1 Å². The summed E-state index contributed by atoms with van der Waals surface area (Å²) in [7, 11) is -3.47. The molecule has 0 aromatic heterocycles. The SMILES string of the molecule is CCOP(=O)(OCC)OCO. The second-order valence-corrected chi connectivity index (χ2v) is 3.21.